The zero-order valence-electron chi connectivity index (χ0n) is 15.4. The summed E-state index contributed by atoms with van der Waals surface area (Å²) in [6.45, 7) is 4.53. The number of aromatic nitrogens is 2. The number of likely N-dealkylation sites (tertiary alicyclic amines) is 1. The number of sulfone groups is 1. The lowest BCUT2D eigenvalue weighted by Gasteiger charge is -2.32. The zero-order valence-corrected chi connectivity index (χ0v) is 16.2. The number of amides is 2. The van der Waals surface area contributed by atoms with Crippen LogP contribution in [0.1, 0.15) is 31.4 Å². The van der Waals surface area contributed by atoms with Crippen molar-refractivity contribution in [3.63, 3.8) is 0 Å². The summed E-state index contributed by atoms with van der Waals surface area (Å²) in [5.41, 5.74) is 1.20. The number of carbonyl (C=O) groups excluding carboxylic acids is 1. The summed E-state index contributed by atoms with van der Waals surface area (Å²) < 4.78 is 39.8. The Bertz CT molecular complexity index is 934. The van der Waals surface area contributed by atoms with Crippen LogP contribution in [0.4, 0.5) is 14.9 Å². The standard InChI is InChI=1S/C18H23FN4O3S/c1-3-27(25,26)17-10-14(19)4-5-16(17)21-18(24)22-8-6-15(7-9-22)23-12-13(2)11-20-23/h4-5,10-12,15H,3,6-9H2,1-2H3,(H,21,24). The van der Waals surface area contributed by atoms with Crippen molar-refractivity contribution < 1.29 is 17.6 Å². The van der Waals surface area contributed by atoms with Gasteiger partial charge in [-0.15, -0.1) is 0 Å². The number of benzene rings is 1. The molecular formula is C18H23FN4O3S. The molecule has 2 heterocycles. The van der Waals surface area contributed by atoms with E-state index in [1.165, 1.54) is 13.0 Å². The van der Waals surface area contributed by atoms with Crippen LogP contribution in [-0.4, -0.2) is 48.0 Å². The first kappa shape index (κ1) is 19.3. The molecule has 1 aliphatic heterocycles. The molecule has 0 unspecified atom stereocenters. The highest BCUT2D eigenvalue weighted by Crippen LogP contribution is 2.26. The molecule has 3 rings (SSSR count). The normalized spacial score (nSPS) is 15.7. The summed E-state index contributed by atoms with van der Waals surface area (Å²) in [7, 11) is -3.66. The van der Waals surface area contributed by atoms with Crippen LogP contribution in [0.2, 0.25) is 0 Å². The first-order valence-corrected chi connectivity index (χ1v) is 10.5. The van der Waals surface area contributed by atoms with Gasteiger partial charge in [-0.25, -0.2) is 17.6 Å². The Morgan fingerprint density at radius 3 is 2.63 bits per heavy atom. The third kappa shape index (κ3) is 4.29. The molecule has 2 amide bonds. The minimum atomic E-state index is -3.66. The van der Waals surface area contributed by atoms with E-state index in [9.17, 15) is 17.6 Å². The van der Waals surface area contributed by atoms with Crippen LogP contribution in [0.25, 0.3) is 0 Å². The number of piperidine rings is 1. The minimum Gasteiger partial charge on any atom is -0.324 e. The fourth-order valence-electron chi connectivity index (χ4n) is 3.17. The van der Waals surface area contributed by atoms with Crippen LogP contribution >= 0.6 is 0 Å². The summed E-state index contributed by atoms with van der Waals surface area (Å²) >= 11 is 0. The van der Waals surface area contributed by atoms with Crippen molar-refractivity contribution in [2.45, 2.75) is 37.6 Å². The van der Waals surface area contributed by atoms with E-state index in [4.69, 9.17) is 0 Å². The molecule has 0 aliphatic carbocycles. The van der Waals surface area contributed by atoms with Gasteiger partial charge in [0.05, 0.1) is 28.6 Å². The number of nitrogens with one attached hydrogen (secondary N) is 1. The van der Waals surface area contributed by atoms with E-state index in [1.807, 2.05) is 24.0 Å². The van der Waals surface area contributed by atoms with Gasteiger partial charge in [-0.1, -0.05) is 6.92 Å². The first-order chi connectivity index (χ1) is 12.8. The summed E-state index contributed by atoms with van der Waals surface area (Å²) in [5.74, 6) is -0.830. The van der Waals surface area contributed by atoms with Gasteiger partial charge in [0.25, 0.3) is 0 Å². The number of urea groups is 1. The van der Waals surface area contributed by atoms with E-state index in [0.29, 0.717) is 13.1 Å². The Labute approximate surface area is 158 Å². The lowest BCUT2D eigenvalue weighted by Crippen LogP contribution is -2.41. The van der Waals surface area contributed by atoms with E-state index >= 15 is 0 Å². The average molecular weight is 394 g/mol. The number of anilines is 1. The van der Waals surface area contributed by atoms with Gasteiger partial charge < -0.3 is 10.2 Å². The molecule has 0 radical (unpaired) electrons. The second-order valence-corrected chi connectivity index (χ2v) is 8.94. The largest absolute Gasteiger partial charge is 0.324 e. The van der Waals surface area contributed by atoms with Crippen LogP contribution in [0, 0.1) is 12.7 Å². The van der Waals surface area contributed by atoms with Crippen LogP contribution in [0.3, 0.4) is 0 Å². The van der Waals surface area contributed by atoms with Crippen molar-refractivity contribution in [1.29, 1.82) is 0 Å². The van der Waals surface area contributed by atoms with Crippen LogP contribution in [0.5, 0.6) is 0 Å². The van der Waals surface area contributed by atoms with Gasteiger partial charge in [-0.2, -0.15) is 5.10 Å². The van der Waals surface area contributed by atoms with Gasteiger partial charge in [-0.3, -0.25) is 4.68 Å². The number of rotatable bonds is 4. The number of halogens is 1. The maximum Gasteiger partial charge on any atom is 0.321 e. The molecule has 0 spiro atoms. The van der Waals surface area contributed by atoms with Gasteiger partial charge in [0.2, 0.25) is 0 Å². The second kappa shape index (κ2) is 7.67. The number of hydrogen-bond donors (Lipinski definition) is 1. The Hall–Kier alpha value is -2.42. The van der Waals surface area contributed by atoms with Crippen molar-refractivity contribution in [2.75, 3.05) is 24.2 Å². The molecule has 1 N–H and O–H groups in total. The molecule has 7 nitrogen and oxygen atoms in total. The highest BCUT2D eigenvalue weighted by Gasteiger charge is 2.26. The average Bonchev–Trinajstić information content (AvgIpc) is 3.09. The smallest absolute Gasteiger partial charge is 0.321 e. The predicted molar refractivity (Wildman–Crippen MR) is 100.0 cm³/mol. The van der Waals surface area contributed by atoms with E-state index in [2.05, 4.69) is 10.4 Å². The van der Waals surface area contributed by atoms with Crippen LogP contribution < -0.4 is 5.32 Å². The lowest BCUT2D eigenvalue weighted by molar-refractivity contribution is 0.180. The molecule has 1 aromatic carbocycles. The number of hydrogen-bond acceptors (Lipinski definition) is 4. The number of nitrogens with zero attached hydrogens (tertiary/aromatic N) is 3. The van der Waals surface area contributed by atoms with Crippen molar-refractivity contribution in [3.8, 4) is 0 Å². The molecule has 1 fully saturated rings. The van der Waals surface area contributed by atoms with Gasteiger partial charge in [-0.05, 0) is 43.5 Å². The molecule has 27 heavy (non-hydrogen) atoms. The molecule has 9 heteroatoms. The van der Waals surface area contributed by atoms with Gasteiger partial charge >= 0.3 is 6.03 Å². The molecule has 0 saturated carbocycles. The Morgan fingerprint density at radius 1 is 1.33 bits per heavy atom. The summed E-state index contributed by atoms with van der Waals surface area (Å²) in [4.78, 5) is 14.0. The Balaban J connectivity index is 1.68. The molecule has 2 aromatic rings. The minimum absolute atomic E-state index is 0.105. The molecule has 1 saturated heterocycles. The molecule has 1 aromatic heterocycles. The monoisotopic (exact) mass is 394 g/mol. The molecule has 1 aliphatic rings. The highest BCUT2D eigenvalue weighted by atomic mass is 32.2. The molecule has 0 atom stereocenters. The van der Waals surface area contributed by atoms with Gasteiger partial charge in [0.1, 0.15) is 5.82 Å². The fraction of sp³-hybridized carbons (Fsp3) is 0.444. The molecule has 146 valence electrons. The summed E-state index contributed by atoms with van der Waals surface area (Å²) in [6, 6.07) is 3.22. The number of carbonyl (C=O) groups is 1. The second-order valence-electron chi connectivity index (χ2n) is 6.69. The molecule has 0 bridgehead atoms. The predicted octanol–water partition coefficient (Wildman–Crippen LogP) is 2.99. The zero-order chi connectivity index (χ0) is 19.6. The fourth-order valence-corrected chi connectivity index (χ4v) is 4.23. The Kier molecular flexibility index (Phi) is 5.50. The van der Waals surface area contributed by atoms with Crippen molar-refractivity contribution >= 4 is 21.6 Å². The van der Waals surface area contributed by atoms with Crippen molar-refractivity contribution in [2.24, 2.45) is 0 Å². The third-order valence-electron chi connectivity index (χ3n) is 4.76. The maximum atomic E-state index is 13.5. The van der Waals surface area contributed by atoms with Crippen molar-refractivity contribution in [3.05, 3.63) is 42.0 Å². The van der Waals surface area contributed by atoms with E-state index in [1.54, 1.807) is 4.90 Å². The maximum absolute atomic E-state index is 13.5. The van der Waals surface area contributed by atoms with Crippen LogP contribution in [-0.2, 0) is 9.84 Å². The highest BCUT2D eigenvalue weighted by molar-refractivity contribution is 7.91. The number of aryl methyl sites for hydroxylation is 1. The summed E-state index contributed by atoms with van der Waals surface area (Å²) in [5, 5.41) is 6.95. The van der Waals surface area contributed by atoms with Gasteiger partial charge in [0.15, 0.2) is 9.84 Å². The lowest BCUT2D eigenvalue weighted by atomic mass is 10.1. The molecular weight excluding hydrogens is 371 g/mol. The van der Waals surface area contributed by atoms with E-state index < -0.39 is 15.7 Å². The van der Waals surface area contributed by atoms with Crippen LogP contribution in [0.15, 0.2) is 35.5 Å². The van der Waals surface area contributed by atoms with Gasteiger partial charge in [0, 0.05) is 19.3 Å². The van der Waals surface area contributed by atoms with Crippen molar-refractivity contribution in [1.82, 2.24) is 14.7 Å². The SMILES string of the molecule is CCS(=O)(=O)c1cc(F)ccc1NC(=O)N1CCC(n2cc(C)cn2)CC1. The third-order valence-corrected chi connectivity index (χ3v) is 6.52. The summed E-state index contributed by atoms with van der Waals surface area (Å²) in [6.07, 6.45) is 5.32. The van der Waals surface area contributed by atoms with E-state index in [0.717, 1.165) is 30.5 Å². The Morgan fingerprint density at radius 2 is 2.04 bits per heavy atom. The first-order valence-electron chi connectivity index (χ1n) is 8.89. The van der Waals surface area contributed by atoms with E-state index in [-0.39, 0.29) is 28.4 Å². The topological polar surface area (TPSA) is 84.3 Å². The quantitative estimate of drug-likeness (QED) is 0.864.